The molecule has 0 saturated carbocycles. The van der Waals surface area contributed by atoms with Gasteiger partial charge >= 0.3 is 0 Å². The smallest absolute Gasteiger partial charge is 0.184 e. The van der Waals surface area contributed by atoms with Crippen LogP contribution in [0.4, 0.5) is 0 Å². The third-order valence-corrected chi connectivity index (χ3v) is 2.56. The zero-order chi connectivity index (χ0) is 15.1. The average molecular weight is 358 g/mol. The van der Waals surface area contributed by atoms with Crippen molar-refractivity contribution in [1.29, 1.82) is 0 Å². The first kappa shape index (κ1) is 32.3. The van der Waals surface area contributed by atoms with Crippen molar-refractivity contribution in [3.63, 3.8) is 0 Å². The van der Waals surface area contributed by atoms with E-state index in [9.17, 15) is 0 Å². The average Bonchev–Trinajstić information content (AvgIpc) is 2.45. The van der Waals surface area contributed by atoms with Crippen LogP contribution in [-0.4, -0.2) is 0 Å². The van der Waals surface area contributed by atoms with Gasteiger partial charge in [-0.2, -0.15) is 0 Å². The summed E-state index contributed by atoms with van der Waals surface area (Å²) in [5.41, 5.74) is 1.41. The van der Waals surface area contributed by atoms with Gasteiger partial charge in [0.25, 0.3) is 0 Å². The van der Waals surface area contributed by atoms with E-state index in [-0.39, 0.29) is 40.1 Å². The molecule has 0 aliphatic rings. The van der Waals surface area contributed by atoms with Crippen LogP contribution in [0.25, 0.3) is 0 Å². The van der Waals surface area contributed by atoms with Crippen LogP contribution in [0.1, 0.15) is 73.9 Å². The topological polar surface area (TPSA) is 3.88 Å². The summed E-state index contributed by atoms with van der Waals surface area (Å²) in [5.74, 6) is 1.34. The maximum atomic E-state index is 2.28. The first-order chi connectivity index (χ1) is 8.63. The number of hydrogen-bond acceptors (Lipinski definition) is 0. The van der Waals surface area contributed by atoms with E-state index in [1.54, 1.807) is 0 Å². The Hall–Kier alpha value is 0.254. The third kappa shape index (κ3) is 14.7. The molecule has 1 heterocycles. The molecule has 0 unspecified atom stereocenters. The van der Waals surface area contributed by atoms with Gasteiger partial charge in [0.05, 0.1) is 0 Å². The van der Waals surface area contributed by atoms with E-state index < -0.39 is 0 Å². The summed E-state index contributed by atoms with van der Waals surface area (Å²) in [7, 11) is 2.11. The second-order valence-corrected chi connectivity index (χ2v) is 3.77. The second kappa shape index (κ2) is 24.3. The van der Waals surface area contributed by atoms with Crippen molar-refractivity contribution in [3.8, 4) is 0 Å². The minimum atomic E-state index is 0. The summed E-state index contributed by atoms with van der Waals surface area (Å²) >= 11 is 0. The number of aromatic nitrogens is 1. The molecule has 1 atom stereocenters. The van der Waals surface area contributed by atoms with Gasteiger partial charge in [0, 0.05) is 50.8 Å². The number of aryl methyl sites for hydroxylation is 1. The zero-order valence-corrected chi connectivity index (χ0v) is 18.8. The molecule has 1 aromatic rings. The van der Waals surface area contributed by atoms with Gasteiger partial charge in [-0.15, -0.1) is 0 Å². The Bertz CT molecular complexity index is 259. The van der Waals surface area contributed by atoms with Crippen LogP contribution in [0, 0.1) is 13.3 Å². The van der Waals surface area contributed by atoms with Crippen molar-refractivity contribution in [2.75, 3.05) is 0 Å². The molecule has 119 valence electrons. The molecule has 1 aromatic heterocycles. The maximum absolute atomic E-state index is 2.28. The van der Waals surface area contributed by atoms with Gasteiger partial charge in [-0.1, -0.05) is 68.4 Å². The van der Waals surface area contributed by atoms with Crippen LogP contribution in [0.15, 0.2) is 24.4 Å². The number of rotatable bonds is 2. The minimum Gasteiger partial charge on any atom is -0.358 e. The first-order valence-electron chi connectivity index (χ1n) is 7.57. The molecule has 0 fully saturated rings. The van der Waals surface area contributed by atoms with Gasteiger partial charge in [-0.05, 0) is 5.92 Å². The molecule has 0 saturated heterocycles. The molecule has 20 heavy (non-hydrogen) atoms. The minimum absolute atomic E-state index is 0. The summed E-state index contributed by atoms with van der Waals surface area (Å²) in [4.78, 5) is 0. The van der Waals surface area contributed by atoms with E-state index >= 15 is 0 Å². The van der Waals surface area contributed by atoms with Crippen LogP contribution in [0.2, 0.25) is 0 Å². The van der Waals surface area contributed by atoms with Crippen LogP contribution >= 0.6 is 0 Å². The quantitative estimate of drug-likeness (QED) is 0.465. The number of nitrogens with zero attached hydrogens (tertiary/aromatic N) is 1. The second-order valence-electron chi connectivity index (χ2n) is 3.77. The Morgan fingerprint density at radius 2 is 1.25 bits per heavy atom. The predicted octanol–water partition coefficient (Wildman–Crippen LogP) is 5.80. The fourth-order valence-electron chi connectivity index (χ4n) is 1.35. The Balaban J connectivity index is -0.0000000833. The van der Waals surface area contributed by atoms with Gasteiger partial charge < -0.3 is 7.43 Å². The molecule has 0 aliphatic carbocycles. The van der Waals surface area contributed by atoms with Crippen LogP contribution in [0.3, 0.4) is 0 Å². The molecule has 1 radical (unpaired) electrons. The van der Waals surface area contributed by atoms with Gasteiger partial charge in [0.1, 0.15) is 7.05 Å². The molecule has 0 N–H and O–H groups in total. The molecule has 0 bridgehead atoms. The molecular formula is C18H39NY. The van der Waals surface area contributed by atoms with Gasteiger partial charge in [0.15, 0.2) is 11.9 Å². The summed E-state index contributed by atoms with van der Waals surface area (Å²) in [6.45, 7) is 18.8. The standard InChI is InChI=1S/C11H18N.3C2H6.CH3.Y/c1-9(2)10(3)11-7-5-6-8-12(11)4;3*1-2;;/h5-10H,1-4H3;3*1-2H3;1H3;/q+1;;;;-1;/t10-;;;;;/m0...../s1. The molecule has 1 nitrogen and oxygen atoms in total. The van der Waals surface area contributed by atoms with E-state index in [1.165, 1.54) is 5.69 Å². The maximum Gasteiger partial charge on any atom is 0.184 e. The van der Waals surface area contributed by atoms with Gasteiger partial charge in [-0.25, -0.2) is 4.57 Å². The molecule has 0 aliphatic heterocycles. The molecule has 0 amide bonds. The van der Waals surface area contributed by atoms with Crippen LogP contribution < -0.4 is 4.57 Å². The zero-order valence-electron chi connectivity index (χ0n) is 16.0. The SMILES string of the molecule is CC.CC.CC.CC(C)[C@H](C)c1cccc[n+]1C.[CH3-].[Y]. The Labute approximate surface area is 155 Å². The van der Waals surface area contributed by atoms with Gasteiger partial charge in [0.2, 0.25) is 0 Å². The van der Waals surface area contributed by atoms with Crippen molar-refractivity contribution in [2.45, 2.75) is 68.2 Å². The summed E-state index contributed by atoms with van der Waals surface area (Å²) in [5, 5.41) is 0. The Kier molecular flexibility index (Phi) is 39.2. The van der Waals surface area contributed by atoms with E-state index in [1.807, 2.05) is 41.5 Å². The van der Waals surface area contributed by atoms with Crippen molar-refractivity contribution in [2.24, 2.45) is 13.0 Å². The molecular weight excluding hydrogens is 319 g/mol. The largest absolute Gasteiger partial charge is 0.358 e. The van der Waals surface area contributed by atoms with Crippen LogP contribution in [-0.2, 0) is 39.8 Å². The van der Waals surface area contributed by atoms with Crippen molar-refractivity contribution in [1.82, 2.24) is 0 Å². The Morgan fingerprint density at radius 3 is 1.55 bits per heavy atom. The van der Waals surface area contributed by atoms with Crippen molar-refractivity contribution < 1.29 is 37.3 Å². The van der Waals surface area contributed by atoms with Crippen molar-refractivity contribution in [3.05, 3.63) is 37.5 Å². The monoisotopic (exact) mass is 358 g/mol. The fraction of sp³-hybridized carbons (Fsp3) is 0.667. The molecule has 1 rings (SSSR count). The molecule has 2 heteroatoms. The van der Waals surface area contributed by atoms with E-state index in [0.29, 0.717) is 11.8 Å². The summed E-state index contributed by atoms with van der Waals surface area (Å²) in [6.07, 6.45) is 2.11. The summed E-state index contributed by atoms with van der Waals surface area (Å²) in [6, 6.07) is 6.37. The number of hydrogen-bond donors (Lipinski definition) is 0. The normalized spacial score (nSPS) is 8.95. The first-order valence-corrected chi connectivity index (χ1v) is 7.57. The van der Waals surface area contributed by atoms with Crippen molar-refractivity contribution >= 4 is 0 Å². The van der Waals surface area contributed by atoms with E-state index in [2.05, 4.69) is 56.8 Å². The van der Waals surface area contributed by atoms with E-state index in [0.717, 1.165) is 0 Å². The molecule has 0 spiro atoms. The fourth-order valence-corrected chi connectivity index (χ4v) is 1.35. The Morgan fingerprint density at radius 1 is 0.850 bits per heavy atom. The molecule has 0 aromatic carbocycles. The van der Waals surface area contributed by atoms with Gasteiger partial charge in [-0.3, -0.25) is 0 Å². The third-order valence-electron chi connectivity index (χ3n) is 2.56. The number of pyridine rings is 1. The van der Waals surface area contributed by atoms with E-state index in [4.69, 9.17) is 0 Å². The summed E-state index contributed by atoms with van der Waals surface area (Å²) < 4.78 is 2.20. The predicted molar refractivity (Wildman–Crippen MR) is 91.3 cm³/mol. The van der Waals surface area contributed by atoms with Crippen LogP contribution in [0.5, 0.6) is 0 Å².